The van der Waals surface area contributed by atoms with Crippen LogP contribution in [0.2, 0.25) is 0 Å². The van der Waals surface area contributed by atoms with E-state index in [2.05, 4.69) is 46.8 Å². The zero-order valence-electron chi connectivity index (χ0n) is 15.1. The summed E-state index contributed by atoms with van der Waals surface area (Å²) >= 11 is 3.35. The Labute approximate surface area is 161 Å². The zero-order chi connectivity index (χ0) is 18.5. The molecule has 1 fully saturated rings. The first-order valence-corrected chi connectivity index (χ1v) is 10.6. The number of carboxylic acids is 1. The number of aliphatic carboxylic acids is 1. The number of oxime groups is 1. The molecule has 2 aromatic rings. The van der Waals surface area contributed by atoms with E-state index in [1.165, 1.54) is 11.1 Å². The van der Waals surface area contributed by atoms with Gasteiger partial charge in [-0.1, -0.05) is 5.16 Å². The van der Waals surface area contributed by atoms with E-state index in [4.69, 9.17) is 4.84 Å². The molecule has 140 valence electrons. The first-order chi connectivity index (χ1) is 12.6. The Balaban J connectivity index is 1.64. The summed E-state index contributed by atoms with van der Waals surface area (Å²) in [5.74, 6) is -0.956. The molecule has 1 aliphatic rings. The number of nitrogens with zero attached hydrogens (tertiary/aromatic N) is 2. The Morgan fingerprint density at radius 2 is 1.92 bits per heavy atom. The van der Waals surface area contributed by atoms with Crippen LogP contribution >= 0.6 is 22.7 Å². The van der Waals surface area contributed by atoms with Crippen LogP contribution in [-0.2, 0) is 9.63 Å². The summed E-state index contributed by atoms with van der Waals surface area (Å²) in [6, 6.07) is 4.19. The molecule has 0 aliphatic carbocycles. The van der Waals surface area contributed by atoms with Gasteiger partial charge in [-0.25, -0.2) is 0 Å². The summed E-state index contributed by atoms with van der Waals surface area (Å²) in [5.41, 5.74) is 3.29. The fourth-order valence-corrected chi connectivity index (χ4v) is 5.05. The number of aryl methyl sites for hydroxylation is 2. The summed E-state index contributed by atoms with van der Waals surface area (Å²) in [5, 5.41) is 17.8. The topological polar surface area (TPSA) is 62.1 Å². The van der Waals surface area contributed by atoms with Crippen LogP contribution in [0.4, 0.5) is 0 Å². The van der Waals surface area contributed by atoms with Crippen LogP contribution in [0, 0.1) is 19.8 Å². The van der Waals surface area contributed by atoms with Crippen molar-refractivity contribution in [2.24, 2.45) is 11.1 Å². The number of carboxylic acid groups (broad SMARTS) is 1. The lowest BCUT2D eigenvalue weighted by molar-refractivity contribution is -0.143. The molecule has 1 saturated heterocycles. The van der Waals surface area contributed by atoms with Gasteiger partial charge in [-0.05, 0) is 67.3 Å². The molecule has 0 bridgehead atoms. The lowest BCUT2D eigenvalue weighted by Crippen LogP contribution is -2.40. The molecule has 0 unspecified atom stereocenters. The monoisotopic (exact) mass is 392 g/mol. The van der Waals surface area contributed by atoms with Crippen molar-refractivity contribution in [3.63, 3.8) is 0 Å². The zero-order valence-corrected chi connectivity index (χ0v) is 16.7. The average molecular weight is 393 g/mol. The summed E-state index contributed by atoms with van der Waals surface area (Å²) in [4.78, 5) is 21.3. The van der Waals surface area contributed by atoms with Crippen molar-refractivity contribution in [3.05, 3.63) is 43.8 Å². The third-order valence-electron chi connectivity index (χ3n) is 4.66. The second-order valence-electron chi connectivity index (χ2n) is 6.62. The van der Waals surface area contributed by atoms with Gasteiger partial charge in [0.15, 0.2) is 0 Å². The fraction of sp³-hybridized carbons (Fsp3) is 0.474. The molecular weight excluding hydrogens is 368 g/mol. The van der Waals surface area contributed by atoms with Crippen LogP contribution in [0.5, 0.6) is 0 Å². The minimum atomic E-state index is -0.697. The SMILES string of the molecule is Cc1ccsc1C(=NOCCN1CCC[C@H](C(=O)O)C1)c1sccc1C. The normalized spacial score (nSPS) is 17.8. The molecule has 3 rings (SSSR count). The molecule has 1 N–H and O–H groups in total. The minimum Gasteiger partial charge on any atom is -0.481 e. The van der Waals surface area contributed by atoms with Crippen LogP contribution in [0.15, 0.2) is 28.0 Å². The maximum absolute atomic E-state index is 11.2. The van der Waals surface area contributed by atoms with Crippen LogP contribution in [0.1, 0.15) is 33.7 Å². The van der Waals surface area contributed by atoms with E-state index < -0.39 is 5.97 Å². The Morgan fingerprint density at radius 3 is 2.46 bits per heavy atom. The van der Waals surface area contributed by atoms with E-state index >= 15 is 0 Å². The van der Waals surface area contributed by atoms with Crippen molar-refractivity contribution >= 4 is 34.4 Å². The van der Waals surface area contributed by atoms with Gasteiger partial charge in [0, 0.05) is 13.1 Å². The lowest BCUT2D eigenvalue weighted by atomic mass is 9.98. The molecule has 26 heavy (non-hydrogen) atoms. The van der Waals surface area contributed by atoms with E-state index in [-0.39, 0.29) is 5.92 Å². The summed E-state index contributed by atoms with van der Waals surface area (Å²) < 4.78 is 0. The van der Waals surface area contributed by atoms with Crippen molar-refractivity contribution in [1.82, 2.24) is 4.90 Å². The maximum Gasteiger partial charge on any atom is 0.307 e. The third-order valence-corrected chi connectivity index (χ3v) is 6.71. The Bertz CT molecular complexity index is 739. The Hall–Kier alpha value is -1.70. The van der Waals surface area contributed by atoms with Gasteiger partial charge in [-0.3, -0.25) is 9.69 Å². The van der Waals surface area contributed by atoms with Gasteiger partial charge in [-0.15, -0.1) is 22.7 Å². The number of hydrogen-bond donors (Lipinski definition) is 1. The van der Waals surface area contributed by atoms with Crippen molar-refractivity contribution in [3.8, 4) is 0 Å². The highest BCUT2D eigenvalue weighted by Crippen LogP contribution is 2.26. The van der Waals surface area contributed by atoms with Gasteiger partial charge in [0.2, 0.25) is 0 Å². The quantitative estimate of drug-likeness (QED) is 0.440. The van der Waals surface area contributed by atoms with Crippen molar-refractivity contribution in [2.75, 3.05) is 26.2 Å². The lowest BCUT2D eigenvalue weighted by Gasteiger charge is -2.29. The molecule has 7 heteroatoms. The maximum atomic E-state index is 11.2. The number of piperidine rings is 1. The van der Waals surface area contributed by atoms with E-state index in [0.717, 1.165) is 34.9 Å². The highest BCUT2D eigenvalue weighted by molar-refractivity contribution is 7.16. The van der Waals surface area contributed by atoms with Crippen molar-refractivity contribution in [1.29, 1.82) is 0 Å². The fourth-order valence-electron chi connectivity index (χ4n) is 3.16. The molecule has 0 aromatic carbocycles. The molecular formula is C19H24N2O3S2. The highest BCUT2D eigenvalue weighted by Gasteiger charge is 2.25. The minimum absolute atomic E-state index is 0.259. The molecule has 1 atom stereocenters. The van der Waals surface area contributed by atoms with Gasteiger partial charge in [-0.2, -0.15) is 0 Å². The number of likely N-dealkylation sites (tertiary alicyclic amines) is 1. The average Bonchev–Trinajstić information content (AvgIpc) is 3.24. The van der Waals surface area contributed by atoms with Gasteiger partial charge >= 0.3 is 5.97 Å². The summed E-state index contributed by atoms with van der Waals surface area (Å²) in [6.45, 7) is 6.87. The standard InChI is InChI=1S/C19H24N2O3S2/c1-13-5-10-25-17(13)16(18-14(2)6-11-26-18)20-24-9-8-21-7-3-4-15(12-21)19(22)23/h5-6,10-11,15H,3-4,7-9,12H2,1-2H3,(H,22,23)/t15-/m0/s1. The van der Waals surface area contributed by atoms with Crippen LogP contribution in [-0.4, -0.2) is 47.9 Å². The second-order valence-corrected chi connectivity index (χ2v) is 8.45. The van der Waals surface area contributed by atoms with Crippen LogP contribution in [0.25, 0.3) is 0 Å². The number of hydrogen-bond acceptors (Lipinski definition) is 6. The molecule has 0 amide bonds. The summed E-state index contributed by atoms with van der Waals surface area (Å²) in [7, 11) is 0. The molecule has 0 saturated carbocycles. The predicted octanol–water partition coefficient (Wildman–Crippen LogP) is 3.99. The Morgan fingerprint density at radius 1 is 1.27 bits per heavy atom. The molecule has 3 heterocycles. The Kier molecular flexibility index (Phi) is 6.45. The van der Waals surface area contributed by atoms with Gasteiger partial charge in [0.05, 0.1) is 15.7 Å². The number of carbonyl (C=O) groups is 1. The van der Waals surface area contributed by atoms with Gasteiger partial charge in [0.25, 0.3) is 0 Å². The summed E-state index contributed by atoms with van der Waals surface area (Å²) in [6.07, 6.45) is 1.69. The van der Waals surface area contributed by atoms with Gasteiger partial charge in [0.1, 0.15) is 12.3 Å². The number of thiophene rings is 2. The molecule has 2 aromatic heterocycles. The first-order valence-electron chi connectivity index (χ1n) is 8.80. The van der Waals surface area contributed by atoms with Crippen LogP contribution in [0.3, 0.4) is 0 Å². The van der Waals surface area contributed by atoms with Gasteiger partial charge < -0.3 is 9.94 Å². The second kappa shape index (κ2) is 8.79. The molecule has 0 spiro atoms. The number of rotatable bonds is 7. The first kappa shape index (κ1) is 19.1. The van der Waals surface area contributed by atoms with Crippen molar-refractivity contribution < 1.29 is 14.7 Å². The largest absolute Gasteiger partial charge is 0.481 e. The van der Waals surface area contributed by atoms with E-state index in [0.29, 0.717) is 19.7 Å². The predicted molar refractivity (Wildman–Crippen MR) is 107 cm³/mol. The molecule has 0 radical (unpaired) electrons. The van der Waals surface area contributed by atoms with Crippen molar-refractivity contribution in [2.45, 2.75) is 26.7 Å². The third kappa shape index (κ3) is 4.52. The van der Waals surface area contributed by atoms with E-state index in [9.17, 15) is 9.90 Å². The smallest absolute Gasteiger partial charge is 0.307 e. The molecule has 5 nitrogen and oxygen atoms in total. The van der Waals surface area contributed by atoms with E-state index in [1.807, 2.05) is 0 Å². The van der Waals surface area contributed by atoms with Crippen LogP contribution < -0.4 is 0 Å². The van der Waals surface area contributed by atoms with E-state index in [1.54, 1.807) is 22.7 Å². The highest BCUT2D eigenvalue weighted by atomic mass is 32.1. The molecule has 1 aliphatic heterocycles.